The molecule has 13 rings (SSSR count). The van der Waals surface area contributed by atoms with Crippen LogP contribution in [-0.2, 0) is 5.41 Å². The minimum atomic E-state index is -0.115. The molecule has 0 saturated carbocycles. The molecule has 0 spiro atoms. The average Bonchev–Trinajstić information content (AvgIpc) is 4.07. The zero-order valence-corrected chi connectivity index (χ0v) is 35.8. The molecule has 4 heteroatoms. The molecule has 1 aliphatic rings. The maximum atomic E-state index is 2.48. The van der Waals surface area contributed by atoms with Gasteiger partial charge >= 0.3 is 0 Å². The summed E-state index contributed by atoms with van der Waals surface area (Å²) in [5.74, 6) is 0. The van der Waals surface area contributed by atoms with Crippen molar-refractivity contribution in [3.63, 3.8) is 0 Å². The van der Waals surface area contributed by atoms with Crippen molar-refractivity contribution in [3.05, 3.63) is 224 Å². The topological polar surface area (TPSA) is 13.1 Å². The maximum absolute atomic E-state index is 2.48. The number of rotatable bonds is 6. The number of aromatic nitrogens is 2. The first-order valence-corrected chi connectivity index (χ1v) is 22.6. The van der Waals surface area contributed by atoms with E-state index in [0.29, 0.717) is 0 Å². The Kier molecular flexibility index (Phi) is 7.82. The fourth-order valence-electron chi connectivity index (χ4n) is 10.4. The lowest BCUT2D eigenvalue weighted by atomic mass is 9.82. The number of hydrogen-bond donors (Lipinski definition) is 0. The molecule has 0 unspecified atom stereocenters. The van der Waals surface area contributed by atoms with E-state index in [1.807, 2.05) is 11.3 Å². The first-order chi connectivity index (χ1) is 31.0. The number of thiophene rings is 1. The van der Waals surface area contributed by atoms with Gasteiger partial charge in [-0.05, 0) is 130 Å². The number of hydrogen-bond acceptors (Lipinski definition) is 2. The van der Waals surface area contributed by atoms with Crippen molar-refractivity contribution in [1.29, 1.82) is 0 Å². The number of para-hydroxylation sites is 1. The van der Waals surface area contributed by atoms with E-state index in [1.165, 1.54) is 86.3 Å². The molecule has 298 valence electrons. The number of nitrogens with zero attached hydrogens (tertiary/aromatic N) is 3. The highest BCUT2D eigenvalue weighted by atomic mass is 32.1. The van der Waals surface area contributed by atoms with Gasteiger partial charge in [0.05, 0.1) is 16.6 Å². The predicted octanol–water partition coefficient (Wildman–Crippen LogP) is 16.5. The second-order valence-corrected chi connectivity index (χ2v) is 18.5. The van der Waals surface area contributed by atoms with Crippen molar-refractivity contribution in [1.82, 2.24) is 9.13 Å². The second kappa shape index (κ2) is 13.7. The highest BCUT2D eigenvalue weighted by molar-refractivity contribution is 7.25. The van der Waals surface area contributed by atoms with Gasteiger partial charge < -0.3 is 14.0 Å². The highest BCUT2D eigenvalue weighted by Crippen LogP contribution is 2.51. The Morgan fingerprint density at radius 2 is 1.05 bits per heavy atom. The van der Waals surface area contributed by atoms with Gasteiger partial charge in [-0.15, -0.1) is 11.3 Å². The first-order valence-electron chi connectivity index (χ1n) is 21.7. The molecule has 0 fully saturated rings. The van der Waals surface area contributed by atoms with Gasteiger partial charge in [0.1, 0.15) is 0 Å². The van der Waals surface area contributed by atoms with Crippen LogP contribution in [0.5, 0.6) is 0 Å². The summed E-state index contributed by atoms with van der Waals surface area (Å²) in [7, 11) is 0. The Hall–Kier alpha value is -7.66. The van der Waals surface area contributed by atoms with Gasteiger partial charge in [0.2, 0.25) is 0 Å². The summed E-state index contributed by atoms with van der Waals surface area (Å²) in [5.41, 5.74) is 16.9. The molecular formula is C59H41N3S. The van der Waals surface area contributed by atoms with E-state index in [1.54, 1.807) is 0 Å². The van der Waals surface area contributed by atoms with Gasteiger partial charge in [-0.2, -0.15) is 0 Å². The average molecular weight is 824 g/mol. The zero-order valence-electron chi connectivity index (χ0n) is 35.0. The van der Waals surface area contributed by atoms with E-state index in [-0.39, 0.29) is 5.41 Å². The van der Waals surface area contributed by atoms with Crippen molar-refractivity contribution in [2.24, 2.45) is 0 Å². The van der Waals surface area contributed by atoms with Crippen molar-refractivity contribution in [2.45, 2.75) is 19.3 Å². The van der Waals surface area contributed by atoms with Crippen molar-refractivity contribution >= 4 is 81.3 Å². The molecule has 0 N–H and O–H groups in total. The lowest BCUT2D eigenvalue weighted by Crippen LogP contribution is -2.16. The third kappa shape index (κ3) is 5.51. The van der Waals surface area contributed by atoms with E-state index >= 15 is 0 Å². The molecule has 0 radical (unpaired) electrons. The molecule has 3 nitrogen and oxygen atoms in total. The number of benzene rings is 9. The van der Waals surface area contributed by atoms with Crippen molar-refractivity contribution < 1.29 is 0 Å². The fraction of sp³-hybridized carbons (Fsp3) is 0.0508. The minimum Gasteiger partial charge on any atom is -0.316 e. The van der Waals surface area contributed by atoms with Crippen molar-refractivity contribution in [3.8, 4) is 33.6 Å². The second-order valence-electron chi connectivity index (χ2n) is 17.4. The van der Waals surface area contributed by atoms with Crippen LogP contribution in [0.2, 0.25) is 0 Å². The van der Waals surface area contributed by atoms with Gasteiger partial charge in [-0.3, -0.25) is 0 Å². The molecule has 12 aromatic rings. The lowest BCUT2D eigenvalue weighted by molar-refractivity contribution is 0.660. The Labute approximate surface area is 370 Å². The Bertz CT molecular complexity index is 3740. The van der Waals surface area contributed by atoms with Gasteiger partial charge in [0.25, 0.3) is 0 Å². The van der Waals surface area contributed by atoms with E-state index in [4.69, 9.17) is 0 Å². The molecule has 0 atom stereocenters. The molecule has 0 aliphatic heterocycles. The number of fused-ring (bicyclic) bond motifs is 10. The SMILES string of the molecule is CC1(C)c2ccccc2-c2ccc(N(c3ccc(-c4ccccc4)cc3)c3ccc(-n4c5cc6c(cc5c5cc7ccn(-c8ccccc8)c7cc54)sc4ccccc46)cc3)cc21. The van der Waals surface area contributed by atoms with E-state index < -0.39 is 0 Å². The standard InChI is InChI=1S/C59H41N3S/c1-59(2)52-19-11-9-17-46(52)47-30-29-45(34-53(47)59)61(42-23-21-39(22-24-42)38-13-5-3-6-14-38)43-25-27-44(28-26-43)62-55-35-51-48-18-10-12-20-57(48)63-58(51)36-50(55)49-33-40-31-32-60(54(40)37-56(49)62)41-15-7-4-8-16-41/h3-37H,1-2H3. The van der Waals surface area contributed by atoms with E-state index in [9.17, 15) is 0 Å². The van der Waals surface area contributed by atoms with Crippen LogP contribution in [0.15, 0.2) is 212 Å². The summed E-state index contributed by atoms with van der Waals surface area (Å²) in [5, 5.41) is 6.36. The zero-order chi connectivity index (χ0) is 41.8. The summed E-state index contributed by atoms with van der Waals surface area (Å²) < 4.78 is 7.42. The minimum absolute atomic E-state index is 0.115. The molecule has 1 aliphatic carbocycles. The third-order valence-electron chi connectivity index (χ3n) is 13.5. The van der Waals surface area contributed by atoms with Crippen LogP contribution in [0, 0.1) is 0 Å². The maximum Gasteiger partial charge on any atom is 0.0562 e. The van der Waals surface area contributed by atoms with Crippen LogP contribution in [0.1, 0.15) is 25.0 Å². The molecular weight excluding hydrogens is 783 g/mol. The van der Waals surface area contributed by atoms with Gasteiger partial charge in [0.15, 0.2) is 0 Å². The normalized spacial score (nSPS) is 13.0. The van der Waals surface area contributed by atoms with Crippen LogP contribution in [-0.4, -0.2) is 9.13 Å². The van der Waals surface area contributed by atoms with E-state index in [0.717, 1.165) is 28.4 Å². The quantitative estimate of drug-likeness (QED) is 0.163. The molecule has 9 aromatic carbocycles. The molecule has 0 bridgehead atoms. The largest absolute Gasteiger partial charge is 0.316 e. The van der Waals surface area contributed by atoms with Crippen LogP contribution in [0.4, 0.5) is 17.1 Å². The first kappa shape index (κ1) is 36.0. The molecule has 63 heavy (non-hydrogen) atoms. The van der Waals surface area contributed by atoms with Gasteiger partial charge in [-0.25, -0.2) is 0 Å². The van der Waals surface area contributed by atoms with Crippen LogP contribution >= 0.6 is 11.3 Å². The smallest absolute Gasteiger partial charge is 0.0562 e. The monoisotopic (exact) mass is 823 g/mol. The van der Waals surface area contributed by atoms with E-state index in [2.05, 4.69) is 240 Å². The third-order valence-corrected chi connectivity index (χ3v) is 14.7. The Morgan fingerprint density at radius 3 is 1.86 bits per heavy atom. The van der Waals surface area contributed by atoms with Crippen LogP contribution in [0.25, 0.3) is 86.5 Å². The van der Waals surface area contributed by atoms with Gasteiger partial charge in [-0.1, -0.05) is 123 Å². The summed E-state index contributed by atoms with van der Waals surface area (Å²) in [6.07, 6.45) is 2.20. The summed E-state index contributed by atoms with van der Waals surface area (Å²) in [6.45, 7) is 4.72. The summed E-state index contributed by atoms with van der Waals surface area (Å²) in [4.78, 5) is 2.42. The van der Waals surface area contributed by atoms with Gasteiger partial charge in [0, 0.05) is 76.4 Å². The molecule has 0 saturated heterocycles. The molecule has 3 heterocycles. The number of anilines is 3. The Morgan fingerprint density at radius 1 is 0.413 bits per heavy atom. The lowest BCUT2D eigenvalue weighted by Gasteiger charge is -2.28. The molecule has 3 aromatic heterocycles. The van der Waals surface area contributed by atoms with Crippen LogP contribution < -0.4 is 4.90 Å². The van der Waals surface area contributed by atoms with Crippen molar-refractivity contribution in [2.75, 3.05) is 4.90 Å². The fourth-order valence-corrected chi connectivity index (χ4v) is 11.5. The predicted molar refractivity (Wildman–Crippen MR) is 268 cm³/mol. The van der Waals surface area contributed by atoms with Crippen LogP contribution in [0.3, 0.4) is 0 Å². The Balaban J connectivity index is 1.00. The summed E-state index contributed by atoms with van der Waals surface area (Å²) in [6, 6.07) is 76.2. The molecule has 0 amide bonds. The summed E-state index contributed by atoms with van der Waals surface area (Å²) >= 11 is 1.88. The highest BCUT2D eigenvalue weighted by Gasteiger charge is 2.35.